The van der Waals surface area contributed by atoms with E-state index < -0.39 is 5.60 Å². The highest BCUT2D eigenvalue weighted by molar-refractivity contribution is 6.30. The van der Waals surface area contributed by atoms with Gasteiger partial charge in [-0.25, -0.2) is 0 Å². The Morgan fingerprint density at radius 2 is 1.91 bits per heavy atom. The smallest absolute Gasteiger partial charge is 0.244 e. The van der Waals surface area contributed by atoms with Crippen molar-refractivity contribution in [2.24, 2.45) is 0 Å². The van der Waals surface area contributed by atoms with E-state index in [-0.39, 0.29) is 37.9 Å². The monoisotopic (exact) mass is 496 g/mol. The minimum Gasteiger partial charge on any atom is -0.490 e. The molecule has 2 amide bonds. The summed E-state index contributed by atoms with van der Waals surface area (Å²) in [4.78, 5) is 29.6. The predicted octanol–water partition coefficient (Wildman–Crippen LogP) is 3.26. The van der Waals surface area contributed by atoms with E-state index in [1.807, 2.05) is 30.3 Å². The zero-order valence-electron chi connectivity index (χ0n) is 19.7. The van der Waals surface area contributed by atoms with Crippen LogP contribution >= 0.6 is 11.6 Å². The average Bonchev–Trinajstić information content (AvgIpc) is 3.37. The number of ether oxygens (including phenoxy) is 2. The van der Waals surface area contributed by atoms with Crippen LogP contribution in [0.15, 0.2) is 73.1 Å². The van der Waals surface area contributed by atoms with Gasteiger partial charge in [0.2, 0.25) is 11.8 Å². The molecule has 2 aromatic carbocycles. The SMILES string of the molecule is CN(Cc1ccccc1)C(=O)C[C@@]1(COc2ccc(Cl)cc2)CN(C(=O)Cn2cccn2)CCO1. The van der Waals surface area contributed by atoms with Gasteiger partial charge in [0, 0.05) is 37.6 Å². The van der Waals surface area contributed by atoms with Crippen LogP contribution in [-0.2, 0) is 27.4 Å². The number of amides is 2. The Hall–Kier alpha value is -3.36. The van der Waals surface area contributed by atoms with Crippen molar-refractivity contribution in [3.63, 3.8) is 0 Å². The molecule has 0 spiro atoms. The second-order valence-electron chi connectivity index (χ2n) is 8.71. The van der Waals surface area contributed by atoms with Gasteiger partial charge in [-0.15, -0.1) is 0 Å². The molecule has 1 aromatic heterocycles. The van der Waals surface area contributed by atoms with Crippen molar-refractivity contribution in [2.75, 3.05) is 33.4 Å². The largest absolute Gasteiger partial charge is 0.490 e. The van der Waals surface area contributed by atoms with Crippen LogP contribution in [0.25, 0.3) is 0 Å². The molecule has 184 valence electrons. The standard InChI is InChI=1S/C26H29ClN4O4/c1-29(17-21-6-3-2-4-7-21)24(32)16-26(20-34-23-10-8-22(27)9-11-23)19-30(14-15-35-26)25(33)18-31-13-5-12-28-31/h2-13H,14-20H2,1H3/t26-/m0/s1. The number of benzene rings is 2. The Balaban J connectivity index is 1.48. The van der Waals surface area contributed by atoms with E-state index in [1.54, 1.807) is 64.3 Å². The van der Waals surface area contributed by atoms with Crippen LogP contribution < -0.4 is 4.74 Å². The van der Waals surface area contributed by atoms with E-state index in [0.717, 1.165) is 5.56 Å². The van der Waals surface area contributed by atoms with E-state index in [4.69, 9.17) is 21.1 Å². The zero-order chi connectivity index (χ0) is 24.7. The minimum atomic E-state index is -0.986. The summed E-state index contributed by atoms with van der Waals surface area (Å²) in [7, 11) is 1.77. The Bertz CT molecular complexity index is 1110. The first-order valence-corrected chi connectivity index (χ1v) is 11.9. The number of morpholine rings is 1. The van der Waals surface area contributed by atoms with E-state index in [0.29, 0.717) is 30.5 Å². The summed E-state index contributed by atoms with van der Waals surface area (Å²) in [6, 6.07) is 18.6. The molecule has 0 N–H and O–H groups in total. The highest BCUT2D eigenvalue weighted by Gasteiger charge is 2.42. The van der Waals surface area contributed by atoms with E-state index in [2.05, 4.69) is 5.10 Å². The van der Waals surface area contributed by atoms with E-state index in [9.17, 15) is 9.59 Å². The van der Waals surface area contributed by atoms with Gasteiger partial charge in [0.05, 0.1) is 19.6 Å². The molecule has 1 saturated heterocycles. The van der Waals surface area contributed by atoms with Gasteiger partial charge in [-0.1, -0.05) is 41.9 Å². The highest BCUT2D eigenvalue weighted by atomic mass is 35.5. The second kappa shape index (κ2) is 11.4. The molecule has 1 aliphatic heterocycles. The van der Waals surface area contributed by atoms with Crippen molar-refractivity contribution >= 4 is 23.4 Å². The maximum Gasteiger partial charge on any atom is 0.244 e. The van der Waals surface area contributed by atoms with Crippen molar-refractivity contribution in [3.05, 3.63) is 83.6 Å². The van der Waals surface area contributed by atoms with Crippen LogP contribution in [0.5, 0.6) is 5.75 Å². The van der Waals surface area contributed by atoms with Crippen molar-refractivity contribution in [3.8, 4) is 5.75 Å². The third-order valence-corrected chi connectivity index (χ3v) is 6.19. The number of hydrogen-bond donors (Lipinski definition) is 0. The fourth-order valence-corrected chi connectivity index (χ4v) is 4.16. The molecule has 0 radical (unpaired) electrons. The Kier molecular flexibility index (Phi) is 8.05. The van der Waals surface area contributed by atoms with Gasteiger partial charge in [0.25, 0.3) is 0 Å². The summed E-state index contributed by atoms with van der Waals surface area (Å²) in [6.07, 6.45) is 3.46. The number of carbonyl (C=O) groups is 2. The molecule has 2 heterocycles. The molecular weight excluding hydrogens is 468 g/mol. The maximum atomic E-state index is 13.3. The third-order valence-electron chi connectivity index (χ3n) is 5.93. The summed E-state index contributed by atoms with van der Waals surface area (Å²) >= 11 is 5.99. The van der Waals surface area contributed by atoms with E-state index in [1.165, 1.54) is 0 Å². The fourth-order valence-electron chi connectivity index (χ4n) is 4.04. The zero-order valence-corrected chi connectivity index (χ0v) is 20.4. The van der Waals surface area contributed by atoms with Crippen LogP contribution in [-0.4, -0.2) is 70.3 Å². The van der Waals surface area contributed by atoms with Gasteiger partial charge in [0.15, 0.2) is 0 Å². The molecule has 0 aliphatic carbocycles. The molecule has 3 aromatic rings. The van der Waals surface area contributed by atoms with Gasteiger partial charge in [-0.05, 0) is 35.9 Å². The van der Waals surface area contributed by atoms with Gasteiger partial charge < -0.3 is 19.3 Å². The van der Waals surface area contributed by atoms with E-state index >= 15 is 0 Å². The molecule has 8 nitrogen and oxygen atoms in total. The number of halogens is 1. The van der Waals surface area contributed by atoms with Gasteiger partial charge in [-0.3, -0.25) is 14.3 Å². The third kappa shape index (κ3) is 6.83. The van der Waals surface area contributed by atoms with Gasteiger partial charge in [0.1, 0.15) is 24.5 Å². The number of rotatable bonds is 9. The van der Waals surface area contributed by atoms with Crippen LogP contribution in [0, 0.1) is 0 Å². The molecule has 1 atom stereocenters. The molecule has 35 heavy (non-hydrogen) atoms. The fraction of sp³-hybridized carbons (Fsp3) is 0.346. The lowest BCUT2D eigenvalue weighted by molar-refractivity contribution is -0.166. The summed E-state index contributed by atoms with van der Waals surface area (Å²) in [6.45, 7) is 1.72. The highest BCUT2D eigenvalue weighted by Crippen LogP contribution is 2.26. The first-order valence-electron chi connectivity index (χ1n) is 11.5. The quantitative estimate of drug-likeness (QED) is 0.454. The molecular formula is C26H29ClN4O4. The van der Waals surface area contributed by atoms with Gasteiger partial charge in [-0.2, -0.15) is 5.10 Å². The summed E-state index contributed by atoms with van der Waals surface area (Å²) in [5.74, 6) is 0.440. The Morgan fingerprint density at radius 3 is 2.63 bits per heavy atom. The lowest BCUT2D eigenvalue weighted by atomic mass is 9.96. The molecule has 1 fully saturated rings. The maximum absolute atomic E-state index is 13.3. The van der Waals surface area contributed by atoms with Crippen molar-refractivity contribution in [1.29, 1.82) is 0 Å². The van der Waals surface area contributed by atoms with Crippen LogP contribution in [0.3, 0.4) is 0 Å². The van der Waals surface area contributed by atoms with Crippen molar-refractivity contribution in [1.82, 2.24) is 19.6 Å². The number of carbonyl (C=O) groups excluding carboxylic acids is 2. The number of nitrogens with zero attached hydrogens (tertiary/aromatic N) is 4. The topological polar surface area (TPSA) is 76.9 Å². The lowest BCUT2D eigenvalue weighted by Gasteiger charge is -2.42. The average molecular weight is 497 g/mol. The second-order valence-corrected chi connectivity index (χ2v) is 9.14. The molecule has 0 unspecified atom stereocenters. The predicted molar refractivity (Wildman–Crippen MR) is 132 cm³/mol. The van der Waals surface area contributed by atoms with Crippen molar-refractivity contribution in [2.45, 2.75) is 25.1 Å². The van der Waals surface area contributed by atoms with Crippen LogP contribution in [0.4, 0.5) is 0 Å². The molecule has 9 heteroatoms. The summed E-state index contributed by atoms with van der Waals surface area (Å²) in [5.41, 5.74) is 0.0510. The first-order chi connectivity index (χ1) is 16.9. The van der Waals surface area contributed by atoms with Crippen LogP contribution in [0.2, 0.25) is 5.02 Å². The summed E-state index contributed by atoms with van der Waals surface area (Å²) < 4.78 is 13.8. The van der Waals surface area contributed by atoms with Crippen molar-refractivity contribution < 1.29 is 19.1 Å². The van der Waals surface area contributed by atoms with Gasteiger partial charge >= 0.3 is 0 Å². The Morgan fingerprint density at radius 1 is 1.14 bits per heavy atom. The summed E-state index contributed by atoms with van der Waals surface area (Å²) in [5, 5.41) is 4.73. The number of aromatic nitrogens is 2. The normalized spacial score (nSPS) is 17.7. The Labute approximate surface area is 210 Å². The molecule has 0 saturated carbocycles. The number of hydrogen-bond acceptors (Lipinski definition) is 5. The minimum absolute atomic E-state index is 0.0788. The molecule has 1 aliphatic rings. The lowest BCUT2D eigenvalue weighted by Crippen LogP contribution is -2.58. The molecule has 0 bridgehead atoms. The first kappa shape index (κ1) is 24.8. The van der Waals surface area contributed by atoms with Crippen LogP contribution in [0.1, 0.15) is 12.0 Å². The molecule has 4 rings (SSSR count).